The van der Waals surface area contributed by atoms with Crippen LogP contribution in [0, 0.1) is 0 Å². The molecule has 0 amide bonds. The molecule has 1 saturated carbocycles. The Kier molecular flexibility index (Phi) is 6.50. The number of hydrogen-bond acceptors (Lipinski definition) is 11. The minimum Gasteiger partial charge on any atom is -0.394 e. The Morgan fingerprint density at radius 3 is 2.17 bits per heavy atom. The molecule has 0 spiro atoms. The lowest BCUT2D eigenvalue weighted by atomic mass is 9.84. The van der Waals surface area contributed by atoms with E-state index in [1.54, 1.807) is 0 Å². The molecule has 0 aromatic heterocycles. The van der Waals surface area contributed by atoms with Crippen LogP contribution in [0.5, 0.6) is 0 Å². The lowest BCUT2D eigenvalue weighted by Crippen LogP contribution is -2.68. The second kappa shape index (κ2) is 7.85. The molecule has 24 heavy (non-hydrogen) atoms. The van der Waals surface area contributed by atoms with Gasteiger partial charge in [0, 0.05) is 12.1 Å². The molecule has 1 aliphatic heterocycles. The van der Waals surface area contributed by atoms with Crippen molar-refractivity contribution in [3.63, 3.8) is 0 Å². The van der Waals surface area contributed by atoms with Crippen molar-refractivity contribution in [2.75, 3.05) is 6.61 Å². The fourth-order valence-corrected chi connectivity index (χ4v) is 3.08. The van der Waals surface area contributed by atoms with Crippen LogP contribution in [0.15, 0.2) is 0 Å². The molecule has 0 radical (unpaired) electrons. The first kappa shape index (κ1) is 19.9. The molecule has 0 aromatic carbocycles. The molecule has 0 aromatic rings. The molecule has 2 fully saturated rings. The maximum atomic E-state index is 10.1. The summed E-state index contributed by atoms with van der Waals surface area (Å²) in [4.78, 5) is 0. The Morgan fingerprint density at radius 2 is 1.58 bits per heavy atom. The summed E-state index contributed by atoms with van der Waals surface area (Å²) in [7, 11) is 0. The molecular formula is C13H27N3O8. The summed E-state index contributed by atoms with van der Waals surface area (Å²) in [5.41, 5.74) is 17.3. The van der Waals surface area contributed by atoms with Gasteiger partial charge in [0.1, 0.15) is 36.6 Å². The van der Waals surface area contributed by atoms with Crippen molar-refractivity contribution < 1.29 is 40.1 Å². The van der Waals surface area contributed by atoms with Crippen molar-refractivity contribution in [3.05, 3.63) is 0 Å². The molecule has 6 unspecified atom stereocenters. The predicted molar refractivity (Wildman–Crippen MR) is 79.2 cm³/mol. The normalized spacial score (nSPS) is 51.4. The average molecular weight is 353 g/mol. The molecule has 1 aliphatic carbocycles. The molecule has 142 valence electrons. The van der Waals surface area contributed by atoms with Crippen LogP contribution >= 0.6 is 0 Å². The third kappa shape index (κ3) is 3.71. The van der Waals surface area contributed by atoms with Crippen molar-refractivity contribution in [1.82, 2.24) is 0 Å². The highest BCUT2D eigenvalue weighted by Gasteiger charge is 2.49. The van der Waals surface area contributed by atoms with Crippen LogP contribution in [0.4, 0.5) is 0 Å². The molecule has 1 heterocycles. The zero-order chi connectivity index (χ0) is 18.2. The maximum absolute atomic E-state index is 10.1. The van der Waals surface area contributed by atoms with Gasteiger partial charge in [0.05, 0.1) is 18.8 Å². The third-order valence-electron chi connectivity index (χ3n) is 4.64. The molecular weight excluding hydrogens is 326 g/mol. The van der Waals surface area contributed by atoms with Gasteiger partial charge >= 0.3 is 0 Å². The summed E-state index contributed by atoms with van der Waals surface area (Å²) < 4.78 is 10.9. The van der Waals surface area contributed by atoms with E-state index < -0.39 is 73.8 Å². The van der Waals surface area contributed by atoms with Gasteiger partial charge in [0.15, 0.2) is 6.29 Å². The van der Waals surface area contributed by atoms with Gasteiger partial charge in [-0.1, -0.05) is 0 Å². The lowest BCUT2D eigenvalue weighted by Gasteiger charge is -2.46. The van der Waals surface area contributed by atoms with E-state index in [9.17, 15) is 25.5 Å². The Morgan fingerprint density at radius 1 is 0.958 bits per heavy atom. The van der Waals surface area contributed by atoms with Gasteiger partial charge in [-0.2, -0.15) is 0 Å². The van der Waals surface area contributed by atoms with Crippen LogP contribution in [0.2, 0.25) is 0 Å². The first-order valence-corrected chi connectivity index (χ1v) is 7.77. The average Bonchev–Trinajstić information content (AvgIpc) is 2.55. The number of rotatable bonds is 4. The minimum atomic E-state index is -1.54. The van der Waals surface area contributed by atoms with E-state index in [1.165, 1.54) is 0 Å². The summed E-state index contributed by atoms with van der Waals surface area (Å²) in [6.07, 6.45) is -10.7. The first-order valence-electron chi connectivity index (χ1n) is 7.77. The van der Waals surface area contributed by atoms with Gasteiger partial charge in [-0.25, -0.2) is 0 Å². The Labute approximate surface area is 138 Å². The highest BCUT2D eigenvalue weighted by atomic mass is 16.7. The van der Waals surface area contributed by atoms with Gasteiger partial charge in [-0.3, -0.25) is 0 Å². The van der Waals surface area contributed by atoms with E-state index in [1.807, 2.05) is 0 Å². The van der Waals surface area contributed by atoms with Crippen LogP contribution in [0.25, 0.3) is 0 Å². The summed E-state index contributed by atoms with van der Waals surface area (Å²) in [6.45, 7) is -0.713. The van der Waals surface area contributed by atoms with Crippen molar-refractivity contribution in [3.8, 4) is 0 Å². The van der Waals surface area contributed by atoms with E-state index in [0.29, 0.717) is 0 Å². The smallest absolute Gasteiger partial charge is 0.176 e. The summed E-state index contributed by atoms with van der Waals surface area (Å²) in [6, 6.07) is -2.64. The van der Waals surface area contributed by atoms with E-state index in [-0.39, 0.29) is 6.42 Å². The molecule has 1 saturated heterocycles. The molecule has 11 atom stereocenters. The van der Waals surface area contributed by atoms with E-state index in [2.05, 4.69) is 0 Å². The number of aliphatic hydroxyl groups excluding tert-OH is 6. The van der Waals surface area contributed by atoms with Crippen LogP contribution in [-0.4, -0.2) is 104 Å². The quantitative estimate of drug-likeness (QED) is 0.232. The number of nitrogens with two attached hydrogens (primary N) is 3. The van der Waals surface area contributed by atoms with Crippen molar-refractivity contribution in [1.29, 1.82) is 0 Å². The number of ether oxygens (including phenoxy) is 2. The zero-order valence-corrected chi connectivity index (χ0v) is 13.0. The molecule has 11 nitrogen and oxygen atoms in total. The van der Waals surface area contributed by atoms with Gasteiger partial charge < -0.3 is 57.3 Å². The van der Waals surface area contributed by atoms with Crippen molar-refractivity contribution in [2.45, 2.75) is 73.6 Å². The highest BCUT2D eigenvalue weighted by molar-refractivity contribution is 5.00. The Balaban J connectivity index is 2.12. The van der Waals surface area contributed by atoms with E-state index in [4.69, 9.17) is 31.8 Å². The molecule has 0 bridgehead atoms. The van der Waals surface area contributed by atoms with Crippen LogP contribution in [-0.2, 0) is 9.47 Å². The SMILES string of the molecule is NC1C(O)[C@H](O)C([C@H](O)CO)O[C@@H]1O[C@@H]1C(N)C[C@@H](N)C(O)C1O. The second-order valence-electron chi connectivity index (χ2n) is 6.42. The summed E-state index contributed by atoms with van der Waals surface area (Å²) >= 11 is 0. The molecule has 11 heteroatoms. The lowest BCUT2D eigenvalue weighted by molar-refractivity contribution is -0.303. The van der Waals surface area contributed by atoms with Gasteiger partial charge in [-0.05, 0) is 6.42 Å². The zero-order valence-electron chi connectivity index (χ0n) is 13.0. The van der Waals surface area contributed by atoms with Gasteiger partial charge in [0.25, 0.3) is 0 Å². The fourth-order valence-electron chi connectivity index (χ4n) is 3.08. The van der Waals surface area contributed by atoms with Crippen LogP contribution in [0.1, 0.15) is 6.42 Å². The monoisotopic (exact) mass is 353 g/mol. The van der Waals surface area contributed by atoms with Gasteiger partial charge in [0.2, 0.25) is 0 Å². The maximum Gasteiger partial charge on any atom is 0.176 e. The Hall–Kier alpha value is -0.440. The minimum absolute atomic E-state index is 0.179. The van der Waals surface area contributed by atoms with E-state index in [0.717, 1.165) is 0 Å². The largest absolute Gasteiger partial charge is 0.394 e. The summed E-state index contributed by atoms with van der Waals surface area (Å²) in [5, 5.41) is 58.6. The standard InChI is InChI=1S/C13H27N3O8/c14-3-1-4(15)11(9(21)7(3)19)23-13-6(16)8(20)10(22)12(24-13)5(18)2-17/h3-13,17-22H,1-2,14-16H2/t3-,4?,5-,6?,7?,8?,9?,10+,11-,12?,13+/m1/s1. The molecule has 2 rings (SSSR count). The topological polar surface area (TPSA) is 218 Å². The second-order valence-corrected chi connectivity index (χ2v) is 6.42. The molecule has 12 N–H and O–H groups in total. The van der Waals surface area contributed by atoms with Crippen LogP contribution < -0.4 is 17.2 Å². The van der Waals surface area contributed by atoms with Crippen molar-refractivity contribution in [2.24, 2.45) is 17.2 Å². The van der Waals surface area contributed by atoms with Gasteiger partial charge in [-0.15, -0.1) is 0 Å². The van der Waals surface area contributed by atoms with Crippen LogP contribution in [0.3, 0.4) is 0 Å². The number of aliphatic hydroxyl groups is 6. The van der Waals surface area contributed by atoms with E-state index >= 15 is 0 Å². The first-order chi connectivity index (χ1) is 11.2. The van der Waals surface area contributed by atoms with Crippen molar-refractivity contribution >= 4 is 0 Å². The Bertz CT molecular complexity index is 419. The predicted octanol–water partition coefficient (Wildman–Crippen LogP) is -5.72. The number of hydrogen-bond donors (Lipinski definition) is 9. The fraction of sp³-hybridized carbons (Fsp3) is 1.00. The third-order valence-corrected chi connectivity index (χ3v) is 4.64. The highest BCUT2D eigenvalue weighted by Crippen LogP contribution is 2.28. The summed E-state index contributed by atoms with van der Waals surface area (Å²) in [5.74, 6) is 0. The molecule has 2 aliphatic rings.